The molecule has 1 heterocycles. The summed E-state index contributed by atoms with van der Waals surface area (Å²) in [6.07, 6.45) is 0.0666. The molecule has 0 aliphatic carbocycles. The van der Waals surface area contributed by atoms with Crippen molar-refractivity contribution in [2.45, 2.75) is 32.7 Å². The van der Waals surface area contributed by atoms with Gasteiger partial charge in [-0.05, 0) is 7.05 Å². The van der Waals surface area contributed by atoms with Crippen LogP contribution in [0.1, 0.15) is 20.3 Å². The van der Waals surface area contributed by atoms with Crippen LogP contribution in [0.15, 0.2) is 0 Å². The van der Waals surface area contributed by atoms with E-state index in [9.17, 15) is 0 Å². The fraction of sp³-hybridized carbons (Fsp3) is 1.00. The fourth-order valence-corrected chi connectivity index (χ4v) is 0.985. The minimum Gasteiger partial charge on any atom is -0.391 e. The lowest BCUT2D eigenvalue weighted by Gasteiger charge is -2.09. The number of hydrogen-bond donors (Lipinski definition) is 2. The second-order valence-electron chi connectivity index (χ2n) is 2.63. The van der Waals surface area contributed by atoms with Crippen LogP contribution in [0.25, 0.3) is 0 Å². The first-order chi connectivity index (χ1) is 6.33. The molecule has 2 atom stereocenters. The molecule has 0 radical (unpaired) electrons. The second kappa shape index (κ2) is 8.44. The number of rotatable bonds is 4. The molecule has 0 aromatic rings. The Morgan fingerprint density at radius 1 is 1.54 bits per heavy atom. The summed E-state index contributed by atoms with van der Waals surface area (Å²) in [5.74, 6) is 0. The van der Waals surface area contributed by atoms with Gasteiger partial charge in [-0.15, -0.1) is 0 Å². The van der Waals surface area contributed by atoms with Crippen molar-refractivity contribution in [3.63, 3.8) is 0 Å². The number of likely N-dealkylation sites (N-methyl/N-ethyl adjacent to an activating group) is 1. The summed E-state index contributed by atoms with van der Waals surface area (Å²) >= 11 is 0. The fourth-order valence-electron chi connectivity index (χ4n) is 0.985. The molecule has 0 unspecified atom stereocenters. The number of aliphatic hydroxyl groups excluding tert-OH is 1. The zero-order valence-electron chi connectivity index (χ0n) is 8.75. The minimum absolute atomic E-state index is 0.196. The van der Waals surface area contributed by atoms with E-state index in [4.69, 9.17) is 14.6 Å². The topological polar surface area (TPSA) is 50.7 Å². The van der Waals surface area contributed by atoms with Gasteiger partial charge in [0.1, 0.15) is 0 Å². The van der Waals surface area contributed by atoms with E-state index in [1.54, 1.807) is 0 Å². The van der Waals surface area contributed by atoms with Crippen molar-refractivity contribution in [1.82, 2.24) is 5.32 Å². The van der Waals surface area contributed by atoms with Crippen LogP contribution in [0, 0.1) is 0 Å². The molecule has 0 aromatic carbocycles. The summed E-state index contributed by atoms with van der Waals surface area (Å²) in [7, 11) is 1.87. The third kappa shape index (κ3) is 5.99. The molecule has 80 valence electrons. The summed E-state index contributed by atoms with van der Waals surface area (Å²) in [4.78, 5) is 0. The van der Waals surface area contributed by atoms with Gasteiger partial charge >= 0.3 is 0 Å². The Bertz CT molecular complexity index is 111. The summed E-state index contributed by atoms with van der Waals surface area (Å²) in [6.45, 7) is 5.86. The summed E-state index contributed by atoms with van der Waals surface area (Å²) in [5, 5.41) is 12.0. The largest absolute Gasteiger partial charge is 0.391 e. The van der Waals surface area contributed by atoms with Crippen LogP contribution in [0.5, 0.6) is 0 Å². The zero-order chi connectivity index (χ0) is 10.1. The van der Waals surface area contributed by atoms with Gasteiger partial charge < -0.3 is 19.9 Å². The van der Waals surface area contributed by atoms with Crippen LogP contribution in [0.4, 0.5) is 0 Å². The summed E-state index contributed by atoms with van der Waals surface area (Å²) in [6, 6.07) is 0. The lowest BCUT2D eigenvalue weighted by molar-refractivity contribution is -0.109. The molecule has 1 fully saturated rings. The predicted octanol–water partition coefficient (Wildman–Crippen LogP) is 0.356. The smallest absolute Gasteiger partial charge is 0.160 e. The molecular weight excluding hydrogens is 170 g/mol. The Labute approximate surface area is 80.2 Å². The van der Waals surface area contributed by atoms with Gasteiger partial charge in [-0.1, -0.05) is 13.8 Å². The lowest BCUT2D eigenvalue weighted by atomic mass is 10.3. The molecule has 1 aliphatic rings. The molecule has 0 saturated carbocycles. The normalized spacial score (nSPS) is 26.8. The van der Waals surface area contributed by atoms with Crippen molar-refractivity contribution in [2.24, 2.45) is 0 Å². The molecule has 4 nitrogen and oxygen atoms in total. The van der Waals surface area contributed by atoms with Gasteiger partial charge in [-0.25, -0.2) is 0 Å². The van der Waals surface area contributed by atoms with Gasteiger partial charge in [-0.3, -0.25) is 0 Å². The first-order valence-electron chi connectivity index (χ1n) is 4.89. The monoisotopic (exact) mass is 191 g/mol. The van der Waals surface area contributed by atoms with Gasteiger partial charge in [-0.2, -0.15) is 0 Å². The van der Waals surface area contributed by atoms with Crippen molar-refractivity contribution in [3.05, 3.63) is 0 Å². The Hall–Kier alpha value is -0.160. The predicted molar refractivity (Wildman–Crippen MR) is 51.6 cm³/mol. The molecule has 1 rings (SSSR count). The van der Waals surface area contributed by atoms with Gasteiger partial charge in [0.25, 0.3) is 0 Å². The average Bonchev–Trinajstić information content (AvgIpc) is 2.56. The van der Waals surface area contributed by atoms with Gasteiger partial charge in [0.2, 0.25) is 0 Å². The Kier molecular flexibility index (Phi) is 8.33. The van der Waals surface area contributed by atoms with E-state index in [2.05, 4.69) is 5.32 Å². The summed E-state index contributed by atoms with van der Waals surface area (Å²) < 4.78 is 10.4. The molecule has 2 N–H and O–H groups in total. The molecule has 1 saturated heterocycles. The first kappa shape index (κ1) is 12.8. The second-order valence-corrected chi connectivity index (χ2v) is 2.63. The maximum Gasteiger partial charge on any atom is 0.160 e. The maximum atomic E-state index is 9.04. The van der Waals surface area contributed by atoms with Gasteiger partial charge in [0.15, 0.2) is 6.29 Å². The van der Waals surface area contributed by atoms with Crippen molar-refractivity contribution in [2.75, 3.05) is 26.8 Å². The maximum absolute atomic E-state index is 9.04. The first-order valence-corrected chi connectivity index (χ1v) is 4.89. The van der Waals surface area contributed by atoms with Crippen LogP contribution in [0.2, 0.25) is 0 Å². The van der Waals surface area contributed by atoms with Crippen molar-refractivity contribution >= 4 is 0 Å². The molecule has 0 amide bonds. The average molecular weight is 191 g/mol. The van der Waals surface area contributed by atoms with E-state index in [1.165, 1.54) is 0 Å². The quantitative estimate of drug-likeness (QED) is 0.630. The molecule has 1 aliphatic heterocycles. The van der Waals surface area contributed by atoms with Crippen molar-refractivity contribution in [3.8, 4) is 0 Å². The third-order valence-corrected chi connectivity index (χ3v) is 1.59. The lowest BCUT2D eigenvalue weighted by Crippen LogP contribution is -2.20. The molecule has 0 bridgehead atoms. The Morgan fingerprint density at radius 3 is 2.69 bits per heavy atom. The third-order valence-electron chi connectivity index (χ3n) is 1.59. The Balaban J connectivity index is 0.000000671. The molecule has 13 heavy (non-hydrogen) atoms. The van der Waals surface area contributed by atoms with Crippen molar-refractivity contribution < 1.29 is 14.6 Å². The molecule has 0 spiro atoms. The van der Waals surface area contributed by atoms with Crippen molar-refractivity contribution in [1.29, 1.82) is 0 Å². The van der Waals surface area contributed by atoms with Gasteiger partial charge in [0, 0.05) is 13.0 Å². The standard InChI is InChI=1S/C7H15NO3.C2H6/c1-8-2-3-10-7-4-6(9)5-11-7;1-2/h6-9H,2-5H2,1H3;1-2H3/t6-,7-;/m0./s1. The van der Waals surface area contributed by atoms with Crippen LogP contribution in [-0.4, -0.2) is 44.3 Å². The number of nitrogens with one attached hydrogen (secondary N) is 1. The highest BCUT2D eigenvalue weighted by Gasteiger charge is 2.23. The van der Waals surface area contributed by atoms with Crippen LogP contribution < -0.4 is 5.32 Å². The SMILES string of the molecule is CC.CNCCO[C@@H]1C[C@H](O)CO1. The highest BCUT2D eigenvalue weighted by molar-refractivity contribution is 4.65. The van der Waals surface area contributed by atoms with E-state index in [0.29, 0.717) is 19.6 Å². The number of aliphatic hydroxyl groups is 1. The van der Waals surface area contributed by atoms with Crippen LogP contribution >= 0.6 is 0 Å². The van der Waals surface area contributed by atoms with E-state index in [1.807, 2.05) is 20.9 Å². The molecular formula is C9H21NO3. The summed E-state index contributed by atoms with van der Waals surface area (Å²) in [5.41, 5.74) is 0. The minimum atomic E-state index is -0.338. The highest BCUT2D eigenvalue weighted by Crippen LogP contribution is 2.13. The Morgan fingerprint density at radius 2 is 2.23 bits per heavy atom. The number of hydrogen-bond acceptors (Lipinski definition) is 4. The molecule has 0 aromatic heterocycles. The number of ether oxygens (including phenoxy) is 2. The van der Waals surface area contributed by atoms with E-state index >= 15 is 0 Å². The van der Waals surface area contributed by atoms with Crippen LogP contribution in [-0.2, 0) is 9.47 Å². The van der Waals surface area contributed by atoms with Crippen LogP contribution in [0.3, 0.4) is 0 Å². The van der Waals surface area contributed by atoms with E-state index in [0.717, 1.165) is 6.54 Å². The molecule has 4 heteroatoms. The van der Waals surface area contributed by atoms with Gasteiger partial charge in [0.05, 0.1) is 19.3 Å². The highest BCUT2D eigenvalue weighted by atomic mass is 16.7. The van der Waals surface area contributed by atoms with E-state index in [-0.39, 0.29) is 12.4 Å². The zero-order valence-corrected chi connectivity index (χ0v) is 8.75. The van der Waals surface area contributed by atoms with E-state index < -0.39 is 0 Å².